The first-order chi connectivity index (χ1) is 8.65. The number of likely N-dealkylation sites (tertiary alicyclic amines) is 1. The van der Waals surface area contributed by atoms with E-state index in [1.807, 2.05) is 4.90 Å². The number of benzene rings is 1. The molecule has 1 heterocycles. The van der Waals surface area contributed by atoms with E-state index in [0.717, 1.165) is 19.4 Å². The number of anilines is 1. The summed E-state index contributed by atoms with van der Waals surface area (Å²) in [4.78, 5) is 14.5. The minimum absolute atomic E-state index is 0.0165. The molecule has 98 valence electrons. The lowest BCUT2D eigenvalue weighted by Gasteiger charge is -2.34. The van der Waals surface area contributed by atoms with Gasteiger partial charge in [-0.2, -0.15) is 0 Å². The Balaban J connectivity index is 2.33. The summed E-state index contributed by atoms with van der Waals surface area (Å²) in [5.74, 6) is 0.537. The number of nitrogens with two attached hydrogens (primary N) is 1. The topological polar surface area (TPSA) is 55.6 Å². The maximum absolute atomic E-state index is 12.6. The summed E-state index contributed by atoms with van der Waals surface area (Å²) in [6, 6.07) is 5.59. The van der Waals surface area contributed by atoms with Gasteiger partial charge in [0.05, 0.1) is 7.11 Å². The van der Waals surface area contributed by atoms with Gasteiger partial charge in [-0.25, -0.2) is 0 Å². The molecule has 1 atom stereocenters. The van der Waals surface area contributed by atoms with Gasteiger partial charge in [-0.3, -0.25) is 4.79 Å². The highest BCUT2D eigenvalue weighted by molar-refractivity contribution is 6.02. The SMILES string of the molecule is COc1cccc(N)c1C(=O)N1CCCCC1C. The van der Waals surface area contributed by atoms with Gasteiger partial charge in [0.25, 0.3) is 5.91 Å². The normalized spacial score (nSPS) is 19.7. The molecule has 0 aliphatic carbocycles. The van der Waals surface area contributed by atoms with Crippen molar-refractivity contribution in [3.63, 3.8) is 0 Å². The zero-order chi connectivity index (χ0) is 13.1. The molecule has 1 fully saturated rings. The van der Waals surface area contributed by atoms with Gasteiger partial charge >= 0.3 is 0 Å². The molecule has 1 aromatic rings. The van der Waals surface area contributed by atoms with Gasteiger partial charge in [0, 0.05) is 18.3 Å². The molecule has 4 heteroatoms. The average Bonchev–Trinajstić information content (AvgIpc) is 2.38. The van der Waals surface area contributed by atoms with E-state index in [0.29, 0.717) is 17.0 Å². The van der Waals surface area contributed by atoms with E-state index in [-0.39, 0.29) is 11.9 Å². The van der Waals surface area contributed by atoms with Crippen molar-refractivity contribution in [2.45, 2.75) is 32.2 Å². The molecule has 1 saturated heterocycles. The van der Waals surface area contributed by atoms with Crippen LogP contribution < -0.4 is 10.5 Å². The Morgan fingerprint density at radius 1 is 1.44 bits per heavy atom. The van der Waals surface area contributed by atoms with E-state index in [9.17, 15) is 4.79 Å². The van der Waals surface area contributed by atoms with Crippen LogP contribution >= 0.6 is 0 Å². The Hall–Kier alpha value is -1.71. The Bertz CT molecular complexity index is 445. The van der Waals surface area contributed by atoms with E-state index in [2.05, 4.69) is 6.92 Å². The Labute approximate surface area is 108 Å². The number of nitrogens with zero attached hydrogens (tertiary/aromatic N) is 1. The van der Waals surface area contributed by atoms with Crippen LogP contribution in [-0.2, 0) is 0 Å². The van der Waals surface area contributed by atoms with Crippen molar-refractivity contribution in [2.75, 3.05) is 19.4 Å². The van der Waals surface area contributed by atoms with Crippen LogP contribution in [0.5, 0.6) is 5.75 Å². The van der Waals surface area contributed by atoms with Gasteiger partial charge in [0.1, 0.15) is 11.3 Å². The molecule has 1 unspecified atom stereocenters. The second kappa shape index (κ2) is 5.29. The first-order valence-corrected chi connectivity index (χ1v) is 6.38. The number of rotatable bonds is 2. The summed E-state index contributed by atoms with van der Waals surface area (Å²) in [6.07, 6.45) is 3.30. The number of hydrogen-bond acceptors (Lipinski definition) is 3. The van der Waals surface area contributed by atoms with Gasteiger partial charge < -0.3 is 15.4 Å². The van der Waals surface area contributed by atoms with Crippen molar-refractivity contribution in [1.29, 1.82) is 0 Å². The molecular weight excluding hydrogens is 228 g/mol. The van der Waals surface area contributed by atoms with Crippen molar-refractivity contribution in [3.05, 3.63) is 23.8 Å². The smallest absolute Gasteiger partial charge is 0.259 e. The number of ether oxygens (including phenoxy) is 1. The fraction of sp³-hybridized carbons (Fsp3) is 0.500. The molecule has 0 spiro atoms. The summed E-state index contributed by atoms with van der Waals surface area (Å²) >= 11 is 0. The molecule has 0 saturated carbocycles. The summed E-state index contributed by atoms with van der Waals surface area (Å²) in [5, 5.41) is 0. The minimum atomic E-state index is -0.0165. The van der Waals surface area contributed by atoms with E-state index in [4.69, 9.17) is 10.5 Å². The molecule has 2 N–H and O–H groups in total. The van der Waals surface area contributed by atoms with E-state index in [1.165, 1.54) is 6.42 Å². The fourth-order valence-electron chi connectivity index (χ4n) is 2.49. The zero-order valence-electron chi connectivity index (χ0n) is 11.0. The summed E-state index contributed by atoms with van der Waals surface area (Å²) in [6.45, 7) is 2.89. The maximum atomic E-state index is 12.6. The van der Waals surface area contributed by atoms with Gasteiger partial charge in [0.2, 0.25) is 0 Å². The fourth-order valence-corrected chi connectivity index (χ4v) is 2.49. The second-order valence-corrected chi connectivity index (χ2v) is 4.77. The quantitative estimate of drug-likeness (QED) is 0.817. The van der Waals surface area contributed by atoms with Gasteiger partial charge in [0.15, 0.2) is 0 Å². The van der Waals surface area contributed by atoms with Crippen molar-refractivity contribution < 1.29 is 9.53 Å². The number of amides is 1. The third-order valence-corrected chi connectivity index (χ3v) is 3.56. The lowest BCUT2D eigenvalue weighted by molar-refractivity contribution is 0.0633. The van der Waals surface area contributed by atoms with E-state index < -0.39 is 0 Å². The van der Waals surface area contributed by atoms with E-state index in [1.54, 1.807) is 25.3 Å². The zero-order valence-corrected chi connectivity index (χ0v) is 11.0. The molecule has 1 aliphatic heterocycles. The standard InChI is InChI=1S/C14H20N2O2/c1-10-6-3-4-9-16(10)14(17)13-11(15)7-5-8-12(13)18-2/h5,7-8,10H,3-4,6,9,15H2,1-2H3. The second-order valence-electron chi connectivity index (χ2n) is 4.77. The van der Waals surface area contributed by atoms with Crippen molar-refractivity contribution in [2.24, 2.45) is 0 Å². The molecule has 0 aromatic heterocycles. The number of hydrogen-bond donors (Lipinski definition) is 1. The predicted molar refractivity (Wildman–Crippen MR) is 71.8 cm³/mol. The predicted octanol–water partition coefficient (Wildman–Crippen LogP) is 2.29. The number of carbonyl (C=O) groups excluding carboxylic acids is 1. The van der Waals surface area contributed by atoms with Gasteiger partial charge in [-0.1, -0.05) is 6.07 Å². The molecule has 1 aliphatic rings. The van der Waals surface area contributed by atoms with Crippen molar-refractivity contribution >= 4 is 11.6 Å². The van der Waals surface area contributed by atoms with Crippen LogP contribution in [-0.4, -0.2) is 30.5 Å². The van der Waals surface area contributed by atoms with Crippen LogP contribution in [0.25, 0.3) is 0 Å². The third kappa shape index (κ3) is 2.28. The van der Waals surface area contributed by atoms with Crippen LogP contribution in [0.2, 0.25) is 0 Å². The number of piperidine rings is 1. The molecule has 4 nitrogen and oxygen atoms in total. The first-order valence-electron chi connectivity index (χ1n) is 6.38. The Morgan fingerprint density at radius 2 is 2.22 bits per heavy atom. The van der Waals surface area contributed by atoms with Crippen LogP contribution in [0.3, 0.4) is 0 Å². The molecule has 0 bridgehead atoms. The highest BCUT2D eigenvalue weighted by Crippen LogP contribution is 2.28. The lowest BCUT2D eigenvalue weighted by Crippen LogP contribution is -2.42. The lowest BCUT2D eigenvalue weighted by atomic mass is 10.0. The monoisotopic (exact) mass is 248 g/mol. The van der Waals surface area contributed by atoms with E-state index >= 15 is 0 Å². The first kappa shape index (κ1) is 12.7. The highest BCUT2D eigenvalue weighted by atomic mass is 16.5. The van der Waals surface area contributed by atoms with Crippen LogP contribution in [0.4, 0.5) is 5.69 Å². The minimum Gasteiger partial charge on any atom is -0.496 e. The third-order valence-electron chi connectivity index (χ3n) is 3.56. The number of nitrogen functional groups attached to an aromatic ring is 1. The molecular formula is C14H20N2O2. The van der Waals surface area contributed by atoms with Crippen molar-refractivity contribution in [3.8, 4) is 5.75 Å². The summed E-state index contributed by atoms with van der Waals surface area (Å²) in [7, 11) is 1.56. The van der Waals surface area contributed by atoms with Crippen LogP contribution in [0.15, 0.2) is 18.2 Å². The van der Waals surface area contributed by atoms with Crippen LogP contribution in [0.1, 0.15) is 36.5 Å². The summed E-state index contributed by atoms with van der Waals surface area (Å²) in [5.41, 5.74) is 6.90. The number of carbonyl (C=O) groups is 1. The van der Waals surface area contributed by atoms with Gasteiger partial charge in [-0.15, -0.1) is 0 Å². The maximum Gasteiger partial charge on any atom is 0.259 e. The van der Waals surface area contributed by atoms with Gasteiger partial charge in [-0.05, 0) is 38.3 Å². The molecule has 1 aromatic carbocycles. The molecule has 18 heavy (non-hydrogen) atoms. The largest absolute Gasteiger partial charge is 0.496 e. The Morgan fingerprint density at radius 3 is 2.89 bits per heavy atom. The number of methoxy groups -OCH3 is 1. The molecule has 2 rings (SSSR count). The van der Waals surface area contributed by atoms with Crippen molar-refractivity contribution in [1.82, 2.24) is 4.90 Å². The molecule has 0 radical (unpaired) electrons. The van der Waals surface area contributed by atoms with Crippen LogP contribution in [0, 0.1) is 0 Å². The molecule has 1 amide bonds. The highest BCUT2D eigenvalue weighted by Gasteiger charge is 2.27. The summed E-state index contributed by atoms with van der Waals surface area (Å²) < 4.78 is 5.25. The average molecular weight is 248 g/mol. The Kier molecular flexibility index (Phi) is 3.75.